The fraction of sp³-hybridized carbons (Fsp3) is 0.143. The second-order valence-corrected chi connectivity index (χ2v) is 21.2. The van der Waals surface area contributed by atoms with E-state index in [2.05, 4.69) is 61.6 Å². The Morgan fingerprint density at radius 2 is 1.06 bits per heavy atom. The minimum absolute atomic E-state index is 0.371. The van der Waals surface area contributed by atoms with Crippen molar-refractivity contribution in [3.63, 3.8) is 0 Å². The van der Waals surface area contributed by atoms with Crippen LogP contribution in [0.3, 0.4) is 0 Å². The lowest BCUT2D eigenvalue weighted by atomic mass is 10.1. The monoisotopic (exact) mass is 312 g/mol. The van der Waals surface area contributed by atoms with E-state index in [1.807, 2.05) is 12.1 Å². The average molecular weight is 313 g/mol. The Balaban J connectivity index is 0.000000232. The van der Waals surface area contributed by atoms with Gasteiger partial charge in [0.05, 0.1) is 0 Å². The fourth-order valence-electron chi connectivity index (χ4n) is 1.26. The molecule has 4 heteroatoms. The maximum atomic E-state index is 5.79. The minimum atomic E-state index is -1.25. The highest BCUT2D eigenvalue weighted by Crippen LogP contribution is 2.17. The second-order valence-electron chi connectivity index (χ2n) is 4.58. The Labute approximate surface area is 122 Å². The molecule has 0 N–H and O–H groups in total. The van der Waals surface area contributed by atoms with Gasteiger partial charge in [0.1, 0.15) is 8.35 Å². The van der Waals surface area contributed by atoms with Gasteiger partial charge in [-0.2, -0.15) is 22.2 Å². The first-order valence-electron chi connectivity index (χ1n) is 5.88. The average Bonchev–Trinajstić information content (AvgIpc) is 2.41. The van der Waals surface area contributed by atoms with Crippen LogP contribution in [-0.4, -0.2) is 15.2 Å². The van der Waals surface area contributed by atoms with Gasteiger partial charge in [0, 0.05) is 0 Å². The van der Waals surface area contributed by atoms with Gasteiger partial charge in [-0.3, -0.25) is 0 Å². The molecule has 96 valence electrons. The first-order chi connectivity index (χ1) is 8.53. The molecule has 0 unspecified atom stereocenters. The molecule has 0 spiro atoms. The van der Waals surface area contributed by atoms with Crippen LogP contribution in [0.4, 0.5) is 0 Å². The van der Waals surface area contributed by atoms with Crippen molar-refractivity contribution in [1.82, 2.24) is 0 Å². The Morgan fingerprint density at radius 1 is 0.778 bits per heavy atom. The molecule has 2 aromatic carbocycles. The fourth-order valence-corrected chi connectivity index (χ4v) is 1.26. The van der Waals surface area contributed by atoms with E-state index in [0.29, 0.717) is 0 Å². The van der Waals surface area contributed by atoms with Crippen LogP contribution in [0.15, 0.2) is 60.7 Å². The Kier molecular flexibility index (Phi) is 6.72. The smallest absolute Gasteiger partial charge is 0.152 e. The summed E-state index contributed by atoms with van der Waals surface area (Å²) in [5.41, 5.74) is 2.55. The van der Waals surface area contributed by atoms with Gasteiger partial charge in [-0.15, -0.1) is 0 Å². The summed E-state index contributed by atoms with van der Waals surface area (Å²) in [6.07, 6.45) is 0. The van der Waals surface area contributed by atoms with Gasteiger partial charge in [0.15, 0.2) is 6.90 Å². The number of hydrogen-bond donors (Lipinski definition) is 0. The van der Waals surface area contributed by atoms with E-state index in [0.717, 1.165) is 0 Å². The third kappa shape index (κ3) is 6.40. The van der Waals surface area contributed by atoms with Crippen molar-refractivity contribution < 1.29 is 0 Å². The summed E-state index contributed by atoms with van der Waals surface area (Å²) in [6.45, 7) is 2.90. The SMILES string of the molecule is C[Si](C)(Cl)[SiH2]Cl.c1ccc(-c2ccccc2)cc1. The molecule has 0 saturated carbocycles. The van der Waals surface area contributed by atoms with Crippen molar-refractivity contribution in [1.29, 1.82) is 0 Å². The largest absolute Gasteiger partial charge is 0.178 e. The van der Waals surface area contributed by atoms with Crippen LogP contribution in [0.1, 0.15) is 0 Å². The van der Waals surface area contributed by atoms with Crippen LogP contribution < -0.4 is 0 Å². The summed E-state index contributed by atoms with van der Waals surface area (Å²) in [5, 5.41) is 0. The topological polar surface area (TPSA) is 0 Å². The molecule has 0 aliphatic heterocycles. The van der Waals surface area contributed by atoms with Gasteiger partial charge in [-0.25, -0.2) is 0 Å². The van der Waals surface area contributed by atoms with Gasteiger partial charge in [0.25, 0.3) is 0 Å². The zero-order valence-corrected chi connectivity index (χ0v) is 14.7. The zero-order chi connectivity index (χ0) is 13.4. The maximum absolute atomic E-state index is 5.79. The molecule has 2 aromatic rings. The van der Waals surface area contributed by atoms with E-state index in [-0.39, 0.29) is 8.35 Å². The van der Waals surface area contributed by atoms with Gasteiger partial charge < -0.3 is 0 Å². The summed E-state index contributed by atoms with van der Waals surface area (Å²) >= 11 is 11.3. The number of benzene rings is 2. The van der Waals surface area contributed by atoms with E-state index in [1.54, 1.807) is 0 Å². The molecular weight excluding hydrogens is 295 g/mol. The molecule has 2 rings (SSSR count). The van der Waals surface area contributed by atoms with Crippen molar-refractivity contribution in [2.45, 2.75) is 13.1 Å². The number of hydrogen-bond acceptors (Lipinski definition) is 0. The van der Waals surface area contributed by atoms with Crippen molar-refractivity contribution >= 4 is 37.4 Å². The molecule has 0 amide bonds. The third-order valence-corrected chi connectivity index (χ3v) is 13.2. The predicted molar refractivity (Wildman–Crippen MR) is 89.6 cm³/mol. The Hall–Kier alpha value is -0.546. The van der Waals surface area contributed by atoms with E-state index in [9.17, 15) is 0 Å². The maximum Gasteiger partial charge on any atom is 0.152 e. The molecule has 0 aromatic heterocycles. The van der Waals surface area contributed by atoms with Gasteiger partial charge in [-0.05, 0) is 11.1 Å². The highest BCUT2D eigenvalue weighted by Gasteiger charge is 2.14. The van der Waals surface area contributed by atoms with Crippen molar-refractivity contribution in [2.24, 2.45) is 0 Å². The highest BCUT2D eigenvalue weighted by molar-refractivity contribution is 7.57. The zero-order valence-electron chi connectivity index (χ0n) is 10.7. The molecule has 0 fully saturated rings. The lowest BCUT2D eigenvalue weighted by Gasteiger charge is -2.02. The van der Waals surface area contributed by atoms with Gasteiger partial charge in [-0.1, -0.05) is 73.8 Å². The molecule has 0 saturated heterocycles. The van der Waals surface area contributed by atoms with Crippen molar-refractivity contribution in [3.05, 3.63) is 60.7 Å². The van der Waals surface area contributed by atoms with Crippen molar-refractivity contribution in [3.8, 4) is 11.1 Å². The van der Waals surface area contributed by atoms with Gasteiger partial charge in [0.2, 0.25) is 0 Å². The van der Waals surface area contributed by atoms with Gasteiger partial charge >= 0.3 is 0 Å². The summed E-state index contributed by atoms with van der Waals surface area (Å²) in [6, 6.07) is 20.8. The quantitative estimate of drug-likeness (QED) is 0.561. The third-order valence-electron chi connectivity index (χ3n) is 2.20. The van der Waals surface area contributed by atoms with E-state index in [4.69, 9.17) is 22.2 Å². The summed E-state index contributed by atoms with van der Waals surface area (Å²) in [5.74, 6) is 0. The Bertz CT molecular complexity index is 401. The molecule has 18 heavy (non-hydrogen) atoms. The lowest BCUT2D eigenvalue weighted by molar-refractivity contribution is 1.62. The first-order valence-corrected chi connectivity index (χ1v) is 14.4. The van der Waals surface area contributed by atoms with E-state index < -0.39 is 6.90 Å². The molecule has 0 heterocycles. The highest BCUT2D eigenvalue weighted by atomic mass is 35.6. The van der Waals surface area contributed by atoms with Crippen molar-refractivity contribution in [2.75, 3.05) is 0 Å². The van der Waals surface area contributed by atoms with Crippen LogP contribution in [0, 0.1) is 0 Å². The second kappa shape index (κ2) is 7.79. The molecule has 0 aliphatic carbocycles. The van der Waals surface area contributed by atoms with Crippen LogP contribution in [0.25, 0.3) is 11.1 Å². The number of rotatable bonds is 2. The minimum Gasteiger partial charge on any atom is -0.178 e. The summed E-state index contributed by atoms with van der Waals surface area (Å²) < 4.78 is 0. The molecular formula is C14H18Cl2Si2. The molecule has 0 nitrogen and oxygen atoms in total. The molecule has 0 aliphatic rings. The summed E-state index contributed by atoms with van der Waals surface area (Å²) in [4.78, 5) is 0. The van der Waals surface area contributed by atoms with Crippen LogP contribution in [-0.2, 0) is 0 Å². The molecule has 0 bridgehead atoms. The van der Waals surface area contributed by atoms with Crippen LogP contribution in [0.2, 0.25) is 13.1 Å². The van der Waals surface area contributed by atoms with Crippen LogP contribution >= 0.6 is 22.2 Å². The number of halogens is 2. The normalized spacial score (nSPS) is 11.1. The summed E-state index contributed by atoms with van der Waals surface area (Å²) in [7, 11) is -0.371. The standard InChI is InChI=1S/C12H10.C2H8Cl2Si2/c1-3-7-11(8-4-1)12-9-5-2-6-10-12;1-6(2,4)5-3/h1-10H;5H2,1-2H3. The molecule has 0 atom stereocenters. The van der Waals surface area contributed by atoms with E-state index >= 15 is 0 Å². The lowest BCUT2D eigenvalue weighted by Crippen LogP contribution is -2.22. The predicted octanol–water partition coefficient (Wildman–Crippen LogP) is 4.60. The Morgan fingerprint density at radius 3 is 1.28 bits per heavy atom. The first kappa shape index (κ1) is 15.5. The van der Waals surface area contributed by atoms with E-state index in [1.165, 1.54) is 11.1 Å². The molecule has 0 radical (unpaired) electrons. The van der Waals surface area contributed by atoms with Crippen LogP contribution in [0.5, 0.6) is 0 Å².